The fourth-order valence-corrected chi connectivity index (χ4v) is 3.99. The van der Waals surface area contributed by atoms with Crippen LogP contribution in [0.25, 0.3) is 0 Å². The van der Waals surface area contributed by atoms with Crippen LogP contribution in [0, 0.1) is 0 Å². The third-order valence-corrected chi connectivity index (χ3v) is 6.57. The minimum absolute atomic E-state index is 0.0503. The maximum absolute atomic E-state index is 13.1. The van der Waals surface area contributed by atoms with Gasteiger partial charge in [-0.2, -0.15) is 0 Å². The molecule has 2 aromatic carbocycles. The van der Waals surface area contributed by atoms with E-state index in [1.165, 1.54) is 11.8 Å². The Bertz CT molecular complexity index is 848. The number of carbonyl (C=O) groups excluding carboxylic acids is 2. The first-order chi connectivity index (χ1) is 14.3. The van der Waals surface area contributed by atoms with E-state index in [1.807, 2.05) is 50.2 Å². The number of benzene rings is 2. The van der Waals surface area contributed by atoms with Crippen molar-refractivity contribution in [1.29, 1.82) is 0 Å². The Kier molecular flexibility index (Phi) is 10.0. The lowest BCUT2D eigenvalue weighted by Gasteiger charge is -2.29. The highest BCUT2D eigenvalue weighted by molar-refractivity contribution is 7.99. The molecule has 0 aliphatic heterocycles. The number of hydrogen-bond donors (Lipinski definition) is 1. The molecule has 0 radical (unpaired) electrons. The van der Waals surface area contributed by atoms with E-state index >= 15 is 0 Å². The monoisotopic (exact) mass is 466 g/mol. The molecule has 2 amide bonds. The van der Waals surface area contributed by atoms with Gasteiger partial charge in [-0.25, -0.2) is 0 Å². The normalized spacial score (nSPS) is 12.8. The fraction of sp³-hybridized carbons (Fsp3) is 0.391. The Hall–Kier alpha value is -1.69. The average molecular weight is 467 g/mol. The van der Waals surface area contributed by atoms with Gasteiger partial charge in [-0.1, -0.05) is 66.5 Å². The van der Waals surface area contributed by atoms with E-state index in [0.717, 1.165) is 23.3 Å². The van der Waals surface area contributed by atoms with E-state index in [0.29, 0.717) is 10.0 Å². The first-order valence-electron chi connectivity index (χ1n) is 9.97. The van der Waals surface area contributed by atoms with Crippen molar-refractivity contribution in [2.45, 2.75) is 51.6 Å². The minimum atomic E-state index is -0.599. The molecule has 7 heteroatoms. The molecule has 2 rings (SSSR count). The lowest BCUT2D eigenvalue weighted by Crippen LogP contribution is -2.50. The van der Waals surface area contributed by atoms with Crippen LogP contribution < -0.4 is 5.32 Å². The van der Waals surface area contributed by atoms with Crippen LogP contribution in [0.15, 0.2) is 48.5 Å². The number of thioether (sulfide) groups is 1. The molecule has 0 heterocycles. The number of carbonyl (C=O) groups is 2. The van der Waals surface area contributed by atoms with Crippen LogP contribution in [0.3, 0.4) is 0 Å². The summed E-state index contributed by atoms with van der Waals surface area (Å²) >= 11 is 13.7. The number of nitrogens with zero attached hydrogens (tertiary/aromatic N) is 1. The van der Waals surface area contributed by atoms with Crippen LogP contribution in [0.5, 0.6) is 0 Å². The SMILES string of the molecule is CCC(C)NC(=O)C(C)N(Cc1ccc(Cl)c(Cl)c1)C(=O)CSCc1ccccc1. The standard InChI is InChI=1S/C23H28Cl2N2O2S/c1-4-16(2)26-23(29)17(3)27(13-19-10-11-20(24)21(25)12-19)22(28)15-30-14-18-8-6-5-7-9-18/h5-12,16-17H,4,13-15H2,1-3H3,(H,26,29). The molecule has 4 nitrogen and oxygen atoms in total. The second-order valence-electron chi connectivity index (χ2n) is 7.24. The van der Waals surface area contributed by atoms with Crippen LogP contribution in [-0.2, 0) is 21.9 Å². The van der Waals surface area contributed by atoms with Gasteiger partial charge in [0, 0.05) is 18.3 Å². The van der Waals surface area contributed by atoms with E-state index < -0.39 is 6.04 Å². The van der Waals surface area contributed by atoms with E-state index in [-0.39, 0.29) is 30.2 Å². The largest absolute Gasteiger partial charge is 0.352 e. The topological polar surface area (TPSA) is 49.4 Å². The van der Waals surface area contributed by atoms with E-state index in [4.69, 9.17) is 23.2 Å². The van der Waals surface area contributed by atoms with Crippen molar-refractivity contribution in [2.24, 2.45) is 0 Å². The maximum Gasteiger partial charge on any atom is 0.242 e. The second-order valence-corrected chi connectivity index (χ2v) is 9.04. The molecule has 0 fully saturated rings. The van der Waals surface area contributed by atoms with Crippen molar-refractivity contribution >= 4 is 46.8 Å². The number of amides is 2. The zero-order valence-electron chi connectivity index (χ0n) is 17.5. The van der Waals surface area contributed by atoms with E-state index in [2.05, 4.69) is 5.32 Å². The Morgan fingerprint density at radius 2 is 1.73 bits per heavy atom. The van der Waals surface area contributed by atoms with Gasteiger partial charge in [0.1, 0.15) is 6.04 Å². The van der Waals surface area contributed by atoms with Crippen molar-refractivity contribution in [2.75, 3.05) is 5.75 Å². The van der Waals surface area contributed by atoms with Gasteiger partial charge in [-0.15, -0.1) is 11.8 Å². The zero-order chi connectivity index (χ0) is 22.1. The Labute approximate surface area is 193 Å². The highest BCUT2D eigenvalue weighted by Gasteiger charge is 2.26. The smallest absolute Gasteiger partial charge is 0.242 e. The van der Waals surface area contributed by atoms with Gasteiger partial charge in [0.25, 0.3) is 0 Å². The lowest BCUT2D eigenvalue weighted by molar-refractivity contribution is -0.138. The molecule has 0 spiro atoms. The number of nitrogens with one attached hydrogen (secondary N) is 1. The van der Waals surface area contributed by atoms with Gasteiger partial charge in [0.15, 0.2) is 0 Å². The summed E-state index contributed by atoms with van der Waals surface area (Å²) in [6.07, 6.45) is 0.826. The van der Waals surface area contributed by atoms with Crippen LogP contribution in [0.1, 0.15) is 38.3 Å². The molecule has 2 aromatic rings. The predicted molar refractivity (Wildman–Crippen MR) is 127 cm³/mol. The third kappa shape index (κ3) is 7.53. The van der Waals surface area contributed by atoms with Gasteiger partial charge >= 0.3 is 0 Å². The molecular weight excluding hydrogens is 439 g/mol. The highest BCUT2D eigenvalue weighted by Crippen LogP contribution is 2.24. The van der Waals surface area contributed by atoms with Crippen LogP contribution in [0.4, 0.5) is 0 Å². The molecular formula is C23H28Cl2N2O2S. The summed E-state index contributed by atoms with van der Waals surface area (Å²) in [5.74, 6) is 0.775. The predicted octanol–water partition coefficient (Wildman–Crippen LogP) is 5.56. The highest BCUT2D eigenvalue weighted by atomic mass is 35.5. The first-order valence-corrected chi connectivity index (χ1v) is 11.9. The molecule has 30 heavy (non-hydrogen) atoms. The van der Waals surface area contributed by atoms with Crippen molar-refractivity contribution in [1.82, 2.24) is 10.2 Å². The molecule has 2 atom stereocenters. The summed E-state index contributed by atoms with van der Waals surface area (Å²) in [4.78, 5) is 27.4. The second kappa shape index (κ2) is 12.2. The van der Waals surface area contributed by atoms with Crippen LogP contribution in [0.2, 0.25) is 10.0 Å². The maximum atomic E-state index is 13.1. The zero-order valence-corrected chi connectivity index (χ0v) is 19.9. The molecule has 2 unspecified atom stereocenters. The first kappa shape index (κ1) is 24.6. The summed E-state index contributed by atoms with van der Waals surface area (Å²) < 4.78 is 0. The average Bonchev–Trinajstić information content (AvgIpc) is 2.74. The van der Waals surface area contributed by atoms with E-state index in [1.54, 1.807) is 24.0 Å². The van der Waals surface area contributed by atoms with E-state index in [9.17, 15) is 9.59 Å². The van der Waals surface area contributed by atoms with Crippen molar-refractivity contribution < 1.29 is 9.59 Å². The summed E-state index contributed by atoms with van der Waals surface area (Å²) in [6.45, 7) is 6.01. The van der Waals surface area contributed by atoms with Crippen LogP contribution in [-0.4, -0.2) is 34.6 Å². The fourth-order valence-electron chi connectivity index (χ4n) is 2.80. The number of rotatable bonds is 10. The molecule has 0 aromatic heterocycles. The Balaban J connectivity index is 2.10. The molecule has 0 aliphatic rings. The molecule has 0 saturated heterocycles. The third-order valence-electron chi connectivity index (χ3n) is 4.84. The van der Waals surface area contributed by atoms with Crippen molar-refractivity contribution in [3.05, 3.63) is 69.7 Å². The van der Waals surface area contributed by atoms with Gasteiger partial charge in [-0.3, -0.25) is 9.59 Å². The molecule has 0 aliphatic carbocycles. The molecule has 0 bridgehead atoms. The summed E-state index contributed by atoms with van der Waals surface area (Å²) in [6, 6.07) is 14.7. The van der Waals surface area contributed by atoms with Crippen LogP contribution >= 0.6 is 35.0 Å². The summed E-state index contributed by atoms with van der Waals surface area (Å²) in [5, 5.41) is 3.85. The van der Waals surface area contributed by atoms with Gasteiger partial charge in [-0.05, 0) is 43.5 Å². The van der Waals surface area contributed by atoms with Crippen molar-refractivity contribution in [3.8, 4) is 0 Å². The van der Waals surface area contributed by atoms with Gasteiger partial charge < -0.3 is 10.2 Å². The number of hydrogen-bond acceptors (Lipinski definition) is 3. The summed E-state index contributed by atoms with van der Waals surface area (Å²) in [7, 11) is 0. The number of halogens is 2. The Morgan fingerprint density at radius 3 is 2.37 bits per heavy atom. The van der Waals surface area contributed by atoms with Gasteiger partial charge in [0.2, 0.25) is 11.8 Å². The quantitative estimate of drug-likeness (QED) is 0.498. The molecule has 1 N–H and O–H groups in total. The Morgan fingerprint density at radius 1 is 1.03 bits per heavy atom. The van der Waals surface area contributed by atoms with Crippen molar-refractivity contribution in [3.63, 3.8) is 0 Å². The summed E-state index contributed by atoms with van der Waals surface area (Å²) in [5.41, 5.74) is 1.99. The lowest BCUT2D eigenvalue weighted by atomic mass is 10.1. The minimum Gasteiger partial charge on any atom is -0.352 e. The molecule has 162 valence electrons. The molecule has 0 saturated carbocycles. The van der Waals surface area contributed by atoms with Gasteiger partial charge in [0.05, 0.1) is 15.8 Å².